The van der Waals surface area contributed by atoms with Gasteiger partial charge < -0.3 is 13.9 Å². The van der Waals surface area contributed by atoms with Crippen molar-refractivity contribution in [3.05, 3.63) is 59.6 Å². The predicted octanol–water partition coefficient (Wildman–Crippen LogP) is 2.62. The van der Waals surface area contributed by atoms with Crippen molar-refractivity contribution in [2.24, 2.45) is 0 Å². The zero-order valence-corrected chi connectivity index (χ0v) is 14.2. The number of nitrogens with one attached hydrogen (secondary N) is 1. The summed E-state index contributed by atoms with van der Waals surface area (Å²) in [5.74, 6) is 0.0397. The highest BCUT2D eigenvalue weighted by Gasteiger charge is 2.37. The summed E-state index contributed by atoms with van der Waals surface area (Å²) in [4.78, 5) is 38.1. The number of amides is 4. The lowest BCUT2D eigenvalue weighted by molar-refractivity contribution is -0.122. The van der Waals surface area contributed by atoms with E-state index < -0.39 is 17.8 Å². The van der Waals surface area contributed by atoms with Crippen LogP contribution in [0.25, 0.3) is 6.08 Å². The molecule has 1 saturated heterocycles. The van der Waals surface area contributed by atoms with E-state index in [0.717, 1.165) is 4.90 Å². The van der Waals surface area contributed by atoms with Gasteiger partial charge in [0, 0.05) is 6.07 Å². The summed E-state index contributed by atoms with van der Waals surface area (Å²) in [7, 11) is 0. The Morgan fingerprint density at radius 1 is 1.15 bits per heavy atom. The molecule has 27 heavy (non-hydrogen) atoms. The summed E-state index contributed by atoms with van der Waals surface area (Å²) in [6, 6.07) is 7.30. The van der Waals surface area contributed by atoms with E-state index in [9.17, 15) is 14.4 Å². The van der Waals surface area contributed by atoms with E-state index in [-0.39, 0.29) is 18.1 Å². The molecule has 136 valence electrons. The molecule has 0 spiro atoms. The van der Waals surface area contributed by atoms with Gasteiger partial charge in [-0.15, -0.1) is 0 Å². The Labute approximate surface area is 153 Å². The molecule has 2 aromatic rings. The molecule has 8 heteroatoms. The molecule has 4 amide bonds. The van der Waals surface area contributed by atoms with Gasteiger partial charge in [0.05, 0.1) is 12.0 Å². The summed E-state index contributed by atoms with van der Waals surface area (Å²) in [6.45, 7) is 1.79. The number of imide groups is 2. The Morgan fingerprint density at radius 3 is 2.74 bits per heavy atom. The number of fused-ring (bicyclic) bond motifs is 1. The van der Waals surface area contributed by atoms with Crippen molar-refractivity contribution in [2.75, 3.05) is 11.7 Å². The first-order valence-electron chi connectivity index (χ1n) is 8.06. The molecular weight excluding hydrogens is 352 g/mol. The lowest BCUT2D eigenvalue weighted by Crippen LogP contribution is -2.54. The molecule has 3 heterocycles. The van der Waals surface area contributed by atoms with Crippen molar-refractivity contribution in [1.29, 1.82) is 0 Å². The van der Waals surface area contributed by atoms with Crippen LogP contribution in [0, 0.1) is 0 Å². The van der Waals surface area contributed by atoms with E-state index in [4.69, 9.17) is 13.9 Å². The average Bonchev–Trinajstić information content (AvgIpc) is 3.29. The molecule has 0 saturated carbocycles. The van der Waals surface area contributed by atoms with Gasteiger partial charge in [0.15, 0.2) is 11.5 Å². The van der Waals surface area contributed by atoms with Gasteiger partial charge in [-0.2, -0.15) is 0 Å². The first-order valence-corrected chi connectivity index (χ1v) is 8.06. The van der Waals surface area contributed by atoms with E-state index in [1.165, 1.54) is 18.4 Å². The third-order valence-electron chi connectivity index (χ3n) is 4.00. The van der Waals surface area contributed by atoms with Gasteiger partial charge in [0.2, 0.25) is 6.79 Å². The molecule has 8 nitrogen and oxygen atoms in total. The smallest absolute Gasteiger partial charge is 0.335 e. The molecule has 4 rings (SSSR count). The van der Waals surface area contributed by atoms with Crippen LogP contribution in [0.2, 0.25) is 0 Å². The van der Waals surface area contributed by atoms with Crippen LogP contribution in [0.4, 0.5) is 10.5 Å². The van der Waals surface area contributed by atoms with Crippen molar-refractivity contribution in [1.82, 2.24) is 5.32 Å². The number of furan rings is 1. The molecular formula is C19H14N2O6. The van der Waals surface area contributed by atoms with Crippen LogP contribution in [-0.2, 0) is 9.59 Å². The number of anilines is 1. The normalized spacial score (nSPS) is 18.3. The fourth-order valence-electron chi connectivity index (χ4n) is 2.78. The third-order valence-corrected chi connectivity index (χ3v) is 4.00. The molecule has 1 N–H and O–H groups in total. The molecule has 1 aromatic carbocycles. The third kappa shape index (κ3) is 3.08. The molecule has 0 unspecified atom stereocenters. The fraction of sp³-hybridized carbons (Fsp3) is 0.105. The van der Waals surface area contributed by atoms with Gasteiger partial charge in [-0.1, -0.05) is 0 Å². The Hall–Kier alpha value is -3.81. The summed E-state index contributed by atoms with van der Waals surface area (Å²) >= 11 is 0. The molecule has 0 bridgehead atoms. The number of rotatable bonds is 3. The van der Waals surface area contributed by atoms with E-state index in [1.807, 2.05) is 0 Å². The van der Waals surface area contributed by atoms with Crippen molar-refractivity contribution < 1.29 is 28.3 Å². The molecule has 0 radical (unpaired) electrons. The van der Waals surface area contributed by atoms with Gasteiger partial charge >= 0.3 is 6.03 Å². The van der Waals surface area contributed by atoms with Gasteiger partial charge in [0.1, 0.15) is 11.3 Å². The van der Waals surface area contributed by atoms with Crippen LogP contribution in [-0.4, -0.2) is 24.6 Å². The zero-order valence-electron chi connectivity index (χ0n) is 14.2. The second-order valence-corrected chi connectivity index (χ2v) is 5.90. The van der Waals surface area contributed by atoms with E-state index >= 15 is 0 Å². The Morgan fingerprint density at radius 2 is 1.96 bits per heavy atom. The molecule has 2 aliphatic heterocycles. The lowest BCUT2D eigenvalue weighted by Gasteiger charge is -2.26. The van der Waals surface area contributed by atoms with Gasteiger partial charge in [-0.25, -0.2) is 9.69 Å². The number of barbiturate groups is 1. The maximum absolute atomic E-state index is 12.8. The van der Waals surface area contributed by atoms with E-state index in [2.05, 4.69) is 5.32 Å². The topological polar surface area (TPSA) is 98.1 Å². The van der Waals surface area contributed by atoms with Gasteiger partial charge in [-0.05, 0) is 48.9 Å². The zero-order chi connectivity index (χ0) is 19.0. The summed E-state index contributed by atoms with van der Waals surface area (Å²) in [6.07, 6.45) is 4.60. The highest BCUT2D eigenvalue weighted by molar-refractivity contribution is 6.37. The first kappa shape index (κ1) is 16.6. The highest BCUT2D eigenvalue weighted by atomic mass is 16.7. The van der Waals surface area contributed by atoms with Crippen molar-refractivity contribution in [3.8, 4) is 11.5 Å². The summed E-state index contributed by atoms with van der Waals surface area (Å²) in [5, 5.41) is 2.18. The number of nitrogens with zero attached hydrogens (tertiary/aromatic N) is 1. The minimum Gasteiger partial charge on any atom is -0.465 e. The summed E-state index contributed by atoms with van der Waals surface area (Å²) < 4.78 is 15.7. The molecule has 1 fully saturated rings. The second kappa shape index (κ2) is 6.49. The maximum Gasteiger partial charge on any atom is 0.335 e. The second-order valence-electron chi connectivity index (χ2n) is 5.90. The number of ether oxygens (including phenoxy) is 2. The van der Waals surface area contributed by atoms with Crippen LogP contribution < -0.4 is 19.7 Å². The monoisotopic (exact) mass is 366 g/mol. The van der Waals surface area contributed by atoms with E-state index in [0.29, 0.717) is 22.8 Å². The van der Waals surface area contributed by atoms with Crippen molar-refractivity contribution in [3.63, 3.8) is 0 Å². The quantitative estimate of drug-likeness (QED) is 0.662. The highest BCUT2D eigenvalue weighted by Crippen LogP contribution is 2.36. The lowest BCUT2D eigenvalue weighted by atomic mass is 10.1. The number of hydrogen-bond acceptors (Lipinski definition) is 6. The van der Waals surface area contributed by atoms with Crippen LogP contribution in [0.15, 0.2) is 58.2 Å². The largest absolute Gasteiger partial charge is 0.465 e. The Kier molecular flexibility index (Phi) is 4.00. The summed E-state index contributed by atoms with van der Waals surface area (Å²) in [5.41, 5.74) is 0.726. The Bertz CT molecular complexity index is 1000. The van der Waals surface area contributed by atoms with Gasteiger partial charge in [-0.3, -0.25) is 14.9 Å². The number of urea groups is 1. The number of carbonyl (C=O) groups is 3. The van der Waals surface area contributed by atoms with Crippen LogP contribution in [0.3, 0.4) is 0 Å². The Balaban J connectivity index is 1.68. The van der Waals surface area contributed by atoms with Crippen LogP contribution in [0.5, 0.6) is 11.5 Å². The first-order chi connectivity index (χ1) is 13.0. The number of hydrogen-bond donors (Lipinski definition) is 1. The SMILES string of the molecule is CC(=C\c1ccco1)/C=C1\C(=O)NC(=O)N(c2ccc3c(c2)OCO3)C1=O. The van der Waals surface area contributed by atoms with Crippen molar-refractivity contribution >= 4 is 29.6 Å². The molecule has 0 aliphatic carbocycles. The standard InChI is InChI=1S/C19H14N2O6/c1-11(7-13-3-2-6-25-13)8-14-17(22)20-19(24)21(18(14)23)12-4-5-15-16(9-12)27-10-26-15/h2-9H,10H2,1H3,(H,20,22,24)/b11-7+,14-8+. The fourth-order valence-corrected chi connectivity index (χ4v) is 2.78. The molecule has 1 aromatic heterocycles. The molecule has 0 atom stereocenters. The maximum atomic E-state index is 12.8. The predicted molar refractivity (Wildman–Crippen MR) is 94.0 cm³/mol. The van der Waals surface area contributed by atoms with Gasteiger partial charge in [0.25, 0.3) is 11.8 Å². The number of benzene rings is 1. The minimum atomic E-state index is -0.825. The van der Waals surface area contributed by atoms with Crippen molar-refractivity contribution in [2.45, 2.75) is 6.92 Å². The minimum absolute atomic E-state index is 0.0688. The average molecular weight is 366 g/mol. The number of allylic oxidation sites excluding steroid dienone is 2. The number of carbonyl (C=O) groups excluding carboxylic acids is 3. The molecule has 2 aliphatic rings. The van der Waals surface area contributed by atoms with Crippen LogP contribution >= 0.6 is 0 Å². The van der Waals surface area contributed by atoms with E-state index in [1.54, 1.807) is 37.3 Å². The van der Waals surface area contributed by atoms with Crippen LogP contribution in [0.1, 0.15) is 12.7 Å².